The summed E-state index contributed by atoms with van der Waals surface area (Å²) in [4.78, 5) is 4.33. The van der Waals surface area contributed by atoms with Gasteiger partial charge in [0.25, 0.3) is 0 Å². The van der Waals surface area contributed by atoms with Crippen LogP contribution in [0.2, 0.25) is 0 Å². The molecule has 5 nitrogen and oxygen atoms in total. The minimum Gasteiger partial charge on any atom is -0.487 e. The summed E-state index contributed by atoms with van der Waals surface area (Å²) in [6.07, 6.45) is 1.70. The summed E-state index contributed by atoms with van der Waals surface area (Å²) in [7, 11) is -3.72. The SMILES string of the molecule is Cc1cc(S(N)(=O)=O)c(C)cc1OCc1ccc(Br)cn1. The zero-order chi connectivity index (χ0) is 15.6. The van der Waals surface area contributed by atoms with Crippen molar-refractivity contribution in [3.8, 4) is 5.75 Å². The van der Waals surface area contributed by atoms with Gasteiger partial charge in [0.05, 0.1) is 10.6 Å². The molecule has 2 N–H and O–H groups in total. The molecule has 21 heavy (non-hydrogen) atoms. The van der Waals surface area contributed by atoms with Gasteiger partial charge in [0.2, 0.25) is 10.0 Å². The number of pyridine rings is 1. The van der Waals surface area contributed by atoms with E-state index in [-0.39, 0.29) is 4.90 Å². The second-order valence-corrected chi connectivity index (χ2v) is 7.13. The Morgan fingerprint density at radius 2 is 1.95 bits per heavy atom. The van der Waals surface area contributed by atoms with Gasteiger partial charge in [0.1, 0.15) is 12.4 Å². The average Bonchev–Trinajstić information content (AvgIpc) is 2.40. The van der Waals surface area contributed by atoms with Gasteiger partial charge in [-0.3, -0.25) is 4.98 Å². The molecule has 0 unspecified atom stereocenters. The third-order valence-electron chi connectivity index (χ3n) is 2.94. The first-order valence-electron chi connectivity index (χ1n) is 6.14. The number of rotatable bonds is 4. The van der Waals surface area contributed by atoms with Crippen molar-refractivity contribution < 1.29 is 13.2 Å². The molecule has 0 spiro atoms. The van der Waals surface area contributed by atoms with Crippen molar-refractivity contribution >= 4 is 26.0 Å². The summed E-state index contributed by atoms with van der Waals surface area (Å²) in [6.45, 7) is 3.77. The lowest BCUT2D eigenvalue weighted by Gasteiger charge is -2.12. The third kappa shape index (κ3) is 4.03. The Morgan fingerprint density at radius 1 is 1.24 bits per heavy atom. The predicted molar refractivity (Wildman–Crippen MR) is 83.6 cm³/mol. The van der Waals surface area contributed by atoms with E-state index in [0.29, 0.717) is 23.5 Å². The number of nitrogens with two attached hydrogens (primary N) is 1. The summed E-state index contributed by atoms with van der Waals surface area (Å²) in [6, 6.07) is 6.93. The Kier molecular flexibility index (Phi) is 4.65. The van der Waals surface area contributed by atoms with Gasteiger partial charge in [0, 0.05) is 10.7 Å². The number of aryl methyl sites for hydroxylation is 2. The molecule has 0 radical (unpaired) electrons. The lowest BCUT2D eigenvalue weighted by molar-refractivity contribution is 0.299. The molecule has 2 aromatic rings. The quantitative estimate of drug-likeness (QED) is 0.896. The van der Waals surface area contributed by atoms with Crippen molar-refractivity contribution in [2.75, 3.05) is 0 Å². The number of ether oxygens (including phenoxy) is 1. The summed E-state index contributed by atoms with van der Waals surface area (Å²) < 4.78 is 29.5. The van der Waals surface area contributed by atoms with Gasteiger partial charge in [0.15, 0.2) is 0 Å². The Bertz CT molecular complexity index is 759. The highest BCUT2D eigenvalue weighted by atomic mass is 79.9. The number of halogens is 1. The maximum absolute atomic E-state index is 11.5. The number of primary sulfonamides is 1. The zero-order valence-corrected chi connectivity index (χ0v) is 14.0. The van der Waals surface area contributed by atoms with Crippen molar-refractivity contribution in [3.63, 3.8) is 0 Å². The number of aromatic nitrogens is 1. The van der Waals surface area contributed by atoms with Gasteiger partial charge in [-0.15, -0.1) is 0 Å². The number of sulfonamides is 1. The molecular weight excluding hydrogens is 356 g/mol. The normalized spacial score (nSPS) is 11.4. The van der Waals surface area contributed by atoms with Crippen molar-refractivity contribution in [2.45, 2.75) is 25.3 Å². The fourth-order valence-electron chi connectivity index (χ4n) is 1.87. The Hall–Kier alpha value is -1.44. The Balaban J connectivity index is 2.21. The van der Waals surface area contributed by atoms with E-state index in [1.807, 2.05) is 12.1 Å². The molecule has 1 aromatic carbocycles. The first kappa shape index (κ1) is 15.9. The first-order valence-corrected chi connectivity index (χ1v) is 8.48. The van der Waals surface area contributed by atoms with E-state index in [1.54, 1.807) is 26.1 Å². The minimum absolute atomic E-state index is 0.120. The standard InChI is InChI=1S/C14H15BrN2O3S/c1-9-6-14(21(16,18)19)10(2)5-13(9)20-8-12-4-3-11(15)7-17-12/h3-7H,8H2,1-2H3,(H2,16,18,19). The Labute approximate surface area is 132 Å². The number of hydrogen-bond acceptors (Lipinski definition) is 4. The van der Waals surface area contributed by atoms with Crippen LogP contribution in [-0.2, 0) is 16.6 Å². The highest BCUT2D eigenvalue weighted by Gasteiger charge is 2.14. The van der Waals surface area contributed by atoms with Crippen LogP contribution in [0.4, 0.5) is 0 Å². The van der Waals surface area contributed by atoms with Crippen LogP contribution in [0.25, 0.3) is 0 Å². The van der Waals surface area contributed by atoms with Gasteiger partial charge in [-0.25, -0.2) is 13.6 Å². The highest BCUT2D eigenvalue weighted by molar-refractivity contribution is 9.10. The van der Waals surface area contributed by atoms with Crippen molar-refractivity contribution in [3.05, 3.63) is 51.8 Å². The molecule has 0 saturated carbocycles. The van der Waals surface area contributed by atoms with Crippen molar-refractivity contribution in [1.82, 2.24) is 4.98 Å². The monoisotopic (exact) mass is 370 g/mol. The minimum atomic E-state index is -3.72. The van der Waals surface area contributed by atoms with Crippen molar-refractivity contribution in [1.29, 1.82) is 0 Å². The molecule has 0 aliphatic rings. The molecule has 0 fully saturated rings. The molecule has 0 atom stereocenters. The van der Waals surface area contributed by atoms with Crippen LogP contribution >= 0.6 is 15.9 Å². The molecule has 7 heteroatoms. The van der Waals surface area contributed by atoms with Gasteiger partial charge in [-0.2, -0.15) is 0 Å². The average molecular weight is 371 g/mol. The largest absolute Gasteiger partial charge is 0.487 e. The lowest BCUT2D eigenvalue weighted by atomic mass is 10.1. The zero-order valence-electron chi connectivity index (χ0n) is 11.6. The fraction of sp³-hybridized carbons (Fsp3) is 0.214. The third-order valence-corrected chi connectivity index (χ3v) is 4.47. The molecule has 0 bridgehead atoms. The van der Waals surface area contributed by atoms with Crippen LogP contribution < -0.4 is 9.88 Å². The molecule has 0 saturated heterocycles. The lowest BCUT2D eigenvalue weighted by Crippen LogP contribution is -2.14. The van der Waals surface area contributed by atoms with Crippen LogP contribution in [0.3, 0.4) is 0 Å². The molecule has 0 amide bonds. The number of nitrogens with zero attached hydrogens (tertiary/aromatic N) is 1. The molecule has 1 heterocycles. The summed E-state index contributed by atoms with van der Waals surface area (Å²) >= 11 is 3.32. The molecule has 2 rings (SSSR count). The second kappa shape index (κ2) is 6.13. The van der Waals surface area contributed by atoms with E-state index in [1.165, 1.54) is 6.07 Å². The maximum Gasteiger partial charge on any atom is 0.238 e. The predicted octanol–water partition coefficient (Wildman–Crippen LogP) is 2.69. The van der Waals surface area contributed by atoms with Crippen LogP contribution in [0.5, 0.6) is 5.75 Å². The van der Waals surface area contributed by atoms with Crippen LogP contribution in [0.1, 0.15) is 16.8 Å². The highest BCUT2D eigenvalue weighted by Crippen LogP contribution is 2.25. The van der Waals surface area contributed by atoms with Crippen LogP contribution in [-0.4, -0.2) is 13.4 Å². The van der Waals surface area contributed by atoms with E-state index in [0.717, 1.165) is 10.2 Å². The molecule has 0 aliphatic carbocycles. The van der Waals surface area contributed by atoms with Gasteiger partial charge in [-0.1, -0.05) is 0 Å². The molecular formula is C14H15BrN2O3S. The van der Waals surface area contributed by atoms with E-state index >= 15 is 0 Å². The topological polar surface area (TPSA) is 82.3 Å². The maximum atomic E-state index is 11.5. The molecule has 0 aliphatic heterocycles. The van der Waals surface area contributed by atoms with Crippen LogP contribution in [0.15, 0.2) is 39.8 Å². The van der Waals surface area contributed by atoms with Crippen molar-refractivity contribution in [2.24, 2.45) is 5.14 Å². The van der Waals surface area contributed by atoms with E-state index in [4.69, 9.17) is 9.88 Å². The van der Waals surface area contributed by atoms with E-state index in [9.17, 15) is 8.42 Å². The van der Waals surface area contributed by atoms with E-state index < -0.39 is 10.0 Å². The first-order chi connectivity index (χ1) is 9.77. The second-order valence-electron chi connectivity index (χ2n) is 4.68. The smallest absolute Gasteiger partial charge is 0.238 e. The Morgan fingerprint density at radius 3 is 2.52 bits per heavy atom. The van der Waals surface area contributed by atoms with Crippen LogP contribution in [0, 0.1) is 13.8 Å². The molecule has 112 valence electrons. The van der Waals surface area contributed by atoms with Gasteiger partial charge < -0.3 is 4.74 Å². The summed E-state index contributed by atoms with van der Waals surface area (Å²) in [5.74, 6) is 0.615. The molecule has 1 aromatic heterocycles. The number of hydrogen-bond donors (Lipinski definition) is 1. The summed E-state index contributed by atoms with van der Waals surface area (Å²) in [5, 5.41) is 5.17. The number of benzene rings is 1. The summed E-state index contributed by atoms with van der Waals surface area (Å²) in [5.41, 5.74) is 2.05. The fourth-order valence-corrected chi connectivity index (χ4v) is 2.95. The van der Waals surface area contributed by atoms with Gasteiger partial charge >= 0.3 is 0 Å². The van der Waals surface area contributed by atoms with Gasteiger partial charge in [-0.05, 0) is 65.2 Å². The van der Waals surface area contributed by atoms with E-state index in [2.05, 4.69) is 20.9 Å².